The van der Waals surface area contributed by atoms with Gasteiger partial charge in [0.1, 0.15) is 36.9 Å². The Bertz CT molecular complexity index is 927. The highest BCUT2D eigenvalue weighted by molar-refractivity contribution is 14.1. The summed E-state index contributed by atoms with van der Waals surface area (Å²) < 4.78 is 51.5. The van der Waals surface area contributed by atoms with E-state index in [4.69, 9.17) is 18.9 Å². The molecule has 0 N–H and O–H groups in total. The zero-order chi connectivity index (χ0) is 20.8. The highest BCUT2D eigenvalue weighted by atomic mass is 127. The molecule has 2 unspecified atom stereocenters. The van der Waals surface area contributed by atoms with Gasteiger partial charge >= 0.3 is 0 Å². The molecule has 11 heteroatoms. The Morgan fingerprint density at radius 2 is 1.07 bits per heavy atom. The molecule has 2 saturated heterocycles. The van der Waals surface area contributed by atoms with Crippen LogP contribution in [-0.2, 0) is 19.3 Å². The third-order valence-electron chi connectivity index (χ3n) is 4.20. The van der Waals surface area contributed by atoms with Crippen LogP contribution in [0.3, 0.4) is 0 Å². The number of rotatable bonds is 8. The van der Waals surface area contributed by atoms with Gasteiger partial charge in [0.05, 0.1) is 37.3 Å². The Labute approximate surface area is 223 Å². The van der Waals surface area contributed by atoms with E-state index in [1.807, 2.05) is 0 Å². The molecule has 156 valence electrons. The minimum Gasteiger partial charge on any atom is -0.489 e. The largest absolute Gasteiger partial charge is 0.489 e. The van der Waals surface area contributed by atoms with Crippen LogP contribution in [0, 0.1) is 14.3 Å². The number of halogens is 4. The van der Waals surface area contributed by atoms with Crippen molar-refractivity contribution in [2.24, 2.45) is 0 Å². The molecule has 0 radical (unpaired) electrons. The summed E-state index contributed by atoms with van der Waals surface area (Å²) in [6, 6.07) is 6.59. The van der Waals surface area contributed by atoms with Gasteiger partial charge in [0.15, 0.2) is 0 Å². The quantitative estimate of drug-likeness (QED) is 0.288. The first kappa shape index (κ1) is 23.0. The molecular weight excluding hydrogens is 852 g/mol. The average Bonchev–Trinajstić information content (AvgIpc) is 3.54. The summed E-state index contributed by atoms with van der Waals surface area (Å²) in [6.07, 6.45) is 0.280. The van der Waals surface area contributed by atoms with Crippen LogP contribution >= 0.6 is 90.4 Å². The van der Waals surface area contributed by atoms with Gasteiger partial charge in [0, 0.05) is 0 Å². The fraction of sp³-hybridized carbons (Fsp3) is 0.333. The van der Waals surface area contributed by atoms with Crippen LogP contribution in [0.5, 0.6) is 11.5 Å². The van der Waals surface area contributed by atoms with E-state index < -0.39 is 9.84 Å². The van der Waals surface area contributed by atoms with E-state index in [2.05, 4.69) is 90.4 Å². The summed E-state index contributed by atoms with van der Waals surface area (Å²) in [5.74, 6) is 1.38. The molecule has 0 spiro atoms. The number of sulfone groups is 1. The van der Waals surface area contributed by atoms with Crippen molar-refractivity contribution >= 4 is 100 Å². The Morgan fingerprint density at radius 1 is 0.759 bits per heavy atom. The summed E-state index contributed by atoms with van der Waals surface area (Å²) in [5.41, 5.74) is 0. The van der Waals surface area contributed by atoms with Gasteiger partial charge in [-0.25, -0.2) is 8.42 Å². The van der Waals surface area contributed by atoms with Crippen molar-refractivity contribution in [1.82, 2.24) is 0 Å². The summed E-state index contributed by atoms with van der Waals surface area (Å²) >= 11 is 8.44. The molecule has 29 heavy (non-hydrogen) atoms. The summed E-state index contributed by atoms with van der Waals surface area (Å²) in [5, 5.41) is 0. The molecule has 2 aromatic carbocycles. The maximum absolute atomic E-state index is 13.3. The van der Waals surface area contributed by atoms with E-state index in [9.17, 15) is 8.42 Å². The molecule has 2 aliphatic rings. The number of ether oxygens (including phenoxy) is 4. The van der Waals surface area contributed by atoms with Crippen LogP contribution in [0.4, 0.5) is 0 Å². The highest BCUT2D eigenvalue weighted by Gasteiger charge is 2.27. The molecule has 0 bridgehead atoms. The predicted molar refractivity (Wildman–Crippen MR) is 140 cm³/mol. The molecular formula is C18H14I4O6S. The fourth-order valence-corrected chi connectivity index (χ4v) is 8.84. The Balaban J connectivity index is 1.61. The number of benzene rings is 2. The lowest BCUT2D eigenvalue weighted by atomic mass is 10.3. The molecule has 0 aliphatic carbocycles. The van der Waals surface area contributed by atoms with Crippen LogP contribution in [-0.4, -0.2) is 47.1 Å². The second-order valence-corrected chi connectivity index (χ2v) is 13.1. The van der Waals surface area contributed by atoms with Gasteiger partial charge in [-0.3, -0.25) is 0 Å². The molecule has 2 atom stereocenters. The molecule has 4 rings (SSSR count). The molecule has 0 saturated carbocycles. The summed E-state index contributed by atoms with van der Waals surface area (Å²) in [6.45, 7) is 2.37. The third kappa shape index (κ3) is 5.61. The standard InChI is InChI=1S/C18H14I4O6S/c19-13-1-11(2-14(20)17(13)27-7-9-5-25-9)29(23,24)12-3-15(21)18(16(22)4-12)28-8-10-6-26-10/h1-4,9-10H,5-8H2. The average molecular weight is 866 g/mol. The van der Waals surface area contributed by atoms with Crippen molar-refractivity contribution in [2.75, 3.05) is 26.4 Å². The van der Waals surface area contributed by atoms with E-state index in [1.165, 1.54) is 0 Å². The van der Waals surface area contributed by atoms with Gasteiger partial charge in [-0.1, -0.05) is 0 Å². The van der Waals surface area contributed by atoms with Crippen molar-refractivity contribution in [2.45, 2.75) is 22.0 Å². The molecule has 2 aliphatic heterocycles. The molecule has 6 nitrogen and oxygen atoms in total. The van der Waals surface area contributed by atoms with Crippen molar-refractivity contribution < 1.29 is 27.4 Å². The fourth-order valence-electron chi connectivity index (χ4n) is 2.48. The molecule has 0 amide bonds. The normalized spacial score (nSPS) is 20.4. The van der Waals surface area contributed by atoms with Crippen LogP contribution < -0.4 is 9.47 Å². The number of hydrogen-bond acceptors (Lipinski definition) is 6. The van der Waals surface area contributed by atoms with E-state index in [1.54, 1.807) is 24.3 Å². The van der Waals surface area contributed by atoms with Gasteiger partial charge in [-0.2, -0.15) is 0 Å². The smallest absolute Gasteiger partial charge is 0.206 e. The lowest BCUT2D eigenvalue weighted by Gasteiger charge is -2.14. The molecule has 2 fully saturated rings. The third-order valence-corrected chi connectivity index (χ3v) is 9.11. The van der Waals surface area contributed by atoms with Crippen LogP contribution in [0.1, 0.15) is 0 Å². The zero-order valence-corrected chi connectivity index (χ0v) is 24.1. The van der Waals surface area contributed by atoms with E-state index in [-0.39, 0.29) is 22.0 Å². The lowest BCUT2D eigenvalue weighted by molar-refractivity contribution is 0.260. The van der Waals surface area contributed by atoms with Crippen molar-refractivity contribution in [3.05, 3.63) is 38.5 Å². The molecule has 2 heterocycles. The van der Waals surface area contributed by atoms with E-state index in [0.717, 1.165) is 14.3 Å². The van der Waals surface area contributed by atoms with Gasteiger partial charge < -0.3 is 18.9 Å². The second kappa shape index (κ2) is 9.36. The zero-order valence-electron chi connectivity index (χ0n) is 14.7. The molecule has 2 aromatic rings. The number of epoxide rings is 2. The topological polar surface area (TPSA) is 77.7 Å². The van der Waals surface area contributed by atoms with Gasteiger partial charge in [-0.05, 0) is 115 Å². The summed E-state index contributed by atoms with van der Waals surface area (Å²) in [7, 11) is -3.68. The maximum atomic E-state index is 13.3. The van der Waals surface area contributed by atoms with E-state index in [0.29, 0.717) is 37.9 Å². The van der Waals surface area contributed by atoms with E-state index >= 15 is 0 Å². The van der Waals surface area contributed by atoms with Crippen LogP contribution in [0.15, 0.2) is 34.1 Å². The highest BCUT2D eigenvalue weighted by Crippen LogP contribution is 2.36. The van der Waals surface area contributed by atoms with Crippen molar-refractivity contribution in [1.29, 1.82) is 0 Å². The van der Waals surface area contributed by atoms with Gasteiger partial charge in [0.2, 0.25) is 9.84 Å². The first-order chi connectivity index (χ1) is 13.8. The summed E-state index contributed by atoms with van der Waals surface area (Å²) in [4.78, 5) is 0.487. The Hall–Kier alpha value is 0.830. The minimum absolute atomic E-state index is 0.140. The lowest BCUT2D eigenvalue weighted by Crippen LogP contribution is -2.10. The Morgan fingerprint density at radius 3 is 1.34 bits per heavy atom. The van der Waals surface area contributed by atoms with Crippen LogP contribution in [0.25, 0.3) is 0 Å². The number of hydrogen-bond donors (Lipinski definition) is 0. The SMILES string of the molecule is O=S(=O)(c1cc(I)c(OCC2CO2)c(I)c1)c1cc(I)c(OCC2CO2)c(I)c1. The van der Waals surface area contributed by atoms with Gasteiger partial charge in [-0.15, -0.1) is 0 Å². The van der Waals surface area contributed by atoms with Crippen molar-refractivity contribution in [3.8, 4) is 11.5 Å². The van der Waals surface area contributed by atoms with Gasteiger partial charge in [0.25, 0.3) is 0 Å². The molecule has 0 aromatic heterocycles. The van der Waals surface area contributed by atoms with Crippen molar-refractivity contribution in [3.63, 3.8) is 0 Å². The van der Waals surface area contributed by atoms with Crippen LogP contribution in [0.2, 0.25) is 0 Å². The maximum Gasteiger partial charge on any atom is 0.206 e. The first-order valence-electron chi connectivity index (χ1n) is 8.47. The second-order valence-electron chi connectivity index (χ2n) is 6.47. The Kier molecular flexibility index (Phi) is 7.43. The minimum atomic E-state index is -3.68. The predicted octanol–water partition coefficient (Wildman–Crippen LogP) is 4.49. The monoisotopic (exact) mass is 866 g/mol. The first-order valence-corrected chi connectivity index (χ1v) is 14.3.